The number of rotatable bonds is 6. The van der Waals surface area contributed by atoms with Crippen molar-refractivity contribution < 1.29 is 19.1 Å². The summed E-state index contributed by atoms with van der Waals surface area (Å²) in [4.78, 5) is 35.4. The summed E-state index contributed by atoms with van der Waals surface area (Å²) in [6.45, 7) is 1.15. The molecule has 0 saturated heterocycles. The number of esters is 1. The van der Waals surface area contributed by atoms with Crippen molar-refractivity contribution >= 4 is 51.0 Å². The standard InChI is InChI=1S/C18H16BrClN2O4/c1-11-8-13(19)4-7-15(11)22-16(23)9-21-17(24)10-26-18(25)12-2-5-14(20)6-3-12/h2-8H,9-10H2,1H3,(H,21,24)(H,22,23). The van der Waals surface area contributed by atoms with E-state index in [2.05, 4.69) is 26.6 Å². The van der Waals surface area contributed by atoms with Crippen LogP contribution >= 0.6 is 27.5 Å². The molecule has 0 aromatic heterocycles. The molecule has 136 valence electrons. The number of anilines is 1. The number of hydrogen-bond donors (Lipinski definition) is 2. The van der Waals surface area contributed by atoms with Gasteiger partial charge in [-0.1, -0.05) is 27.5 Å². The highest BCUT2D eigenvalue weighted by atomic mass is 79.9. The molecule has 2 rings (SSSR count). The largest absolute Gasteiger partial charge is 0.452 e. The maximum atomic E-state index is 11.9. The monoisotopic (exact) mass is 438 g/mol. The summed E-state index contributed by atoms with van der Waals surface area (Å²) in [5.41, 5.74) is 1.82. The van der Waals surface area contributed by atoms with Gasteiger partial charge in [0.25, 0.3) is 5.91 Å². The Hall–Kier alpha value is -2.38. The topological polar surface area (TPSA) is 84.5 Å². The van der Waals surface area contributed by atoms with Gasteiger partial charge in [0, 0.05) is 15.2 Å². The Morgan fingerprint density at radius 1 is 1.08 bits per heavy atom. The molecule has 2 aromatic rings. The van der Waals surface area contributed by atoms with E-state index < -0.39 is 18.5 Å². The van der Waals surface area contributed by atoms with Gasteiger partial charge in [0.1, 0.15) is 0 Å². The summed E-state index contributed by atoms with van der Waals surface area (Å²) < 4.78 is 5.79. The molecule has 8 heteroatoms. The number of carbonyl (C=O) groups is 3. The van der Waals surface area contributed by atoms with E-state index in [0.717, 1.165) is 10.0 Å². The zero-order valence-corrected chi connectivity index (χ0v) is 16.2. The number of benzene rings is 2. The molecular weight excluding hydrogens is 424 g/mol. The highest BCUT2D eigenvalue weighted by Gasteiger charge is 2.11. The second-order valence-electron chi connectivity index (χ2n) is 5.37. The Kier molecular flexibility index (Phi) is 7.17. The minimum Gasteiger partial charge on any atom is -0.452 e. The third-order valence-corrected chi connectivity index (χ3v) is 4.07. The fourth-order valence-electron chi connectivity index (χ4n) is 1.99. The minimum atomic E-state index is -0.647. The van der Waals surface area contributed by atoms with Crippen molar-refractivity contribution in [1.29, 1.82) is 0 Å². The van der Waals surface area contributed by atoms with Crippen LogP contribution in [0.1, 0.15) is 15.9 Å². The van der Waals surface area contributed by atoms with Gasteiger partial charge in [-0.25, -0.2) is 4.79 Å². The van der Waals surface area contributed by atoms with Crippen LogP contribution in [0.15, 0.2) is 46.9 Å². The molecule has 0 aliphatic heterocycles. The highest BCUT2D eigenvalue weighted by molar-refractivity contribution is 9.10. The van der Waals surface area contributed by atoms with E-state index in [4.69, 9.17) is 16.3 Å². The fourth-order valence-corrected chi connectivity index (χ4v) is 2.59. The van der Waals surface area contributed by atoms with Crippen LogP contribution in [-0.4, -0.2) is 30.9 Å². The lowest BCUT2D eigenvalue weighted by Gasteiger charge is -2.10. The Morgan fingerprint density at radius 2 is 1.77 bits per heavy atom. The lowest BCUT2D eigenvalue weighted by atomic mass is 10.2. The summed E-state index contributed by atoms with van der Waals surface area (Å²) >= 11 is 9.08. The molecule has 26 heavy (non-hydrogen) atoms. The van der Waals surface area contributed by atoms with Gasteiger partial charge in [0.2, 0.25) is 5.91 Å². The van der Waals surface area contributed by atoms with Crippen LogP contribution in [0.3, 0.4) is 0 Å². The summed E-state index contributed by atoms with van der Waals surface area (Å²) in [6, 6.07) is 11.5. The number of halogens is 2. The van der Waals surface area contributed by atoms with Crippen LogP contribution in [0.4, 0.5) is 5.69 Å². The number of amides is 2. The van der Waals surface area contributed by atoms with Crippen molar-refractivity contribution in [3.05, 3.63) is 63.1 Å². The molecule has 0 fully saturated rings. The van der Waals surface area contributed by atoms with Gasteiger partial charge in [-0.05, 0) is 55.0 Å². The summed E-state index contributed by atoms with van der Waals surface area (Å²) in [5.74, 6) is -1.60. The molecule has 2 aromatic carbocycles. The number of hydrogen-bond acceptors (Lipinski definition) is 4. The van der Waals surface area contributed by atoms with Crippen molar-refractivity contribution in [2.45, 2.75) is 6.92 Å². The number of ether oxygens (including phenoxy) is 1. The van der Waals surface area contributed by atoms with Crippen LogP contribution in [-0.2, 0) is 14.3 Å². The molecule has 2 N–H and O–H groups in total. The first-order chi connectivity index (χ1) is 12.3. The van der Waals surface area contributed by atoms with Crippen LogP contribution in [0.2, 0.25) is 5.02 Å². The Balaban J connectivity index is 1.74. The predicted octanol–water partition coefficient (Wildman–Crippen LogP) is 3.32. The maximum Gasteiger partial charge on any atom is 0.338 e. The van der Waals surface area contributed by atoms with E-state index in [9.17, 15) is 14.4 Å². The molecule has 0 heterocycles. The average molecular weight is 440 g/mol. The fraction of sp³-hybridized carbons (Fsp3) is 0.167. The summed E-state index contributed by atoms with van der Waals surface area (Å²) in [6.07, 6.45) is 0. The molecule has 0 bridgehead atoms. The third kappa shape index (κ3) is 6.16. The minimum absolute atomic E-state index is 0.229. The number of carbonyl (C=O) groups excluding carboxylic acids is 3. The van der Waals surface area contributed by atoms with Gasteiger partial charge in [-0.3, -0.25) is 9.59 Å². The van der Waals surface area contributed by atoms with Gasteiger partial charge >= 0.3 is 5.97 Å². The molecule has 0 aliphatic carbocycles. The first-order valence-corrected chi connectivity index (χ1v) is 8.77. The van der Waals surface area contributed by atoms with E-state index in [0.29, 0.717) is 10.7 Å². The van der Waals surface area contributed by atoms with Crippen LogP contribution in [0.25, 0.3) is 0 Å². The third-order valence-electron chi connectivity index (χ3n) is 3.32. The van der Waals surface area contributed by atoms with Gasteiger partial charge in [-0.15, -0.1) is 0 Å². The average Bonchev–Trinajstić information content (AvgIpc) is 2.61. The Labute approximate surface area is 164 Å². The highest BCUT2D eigenvalue weighted by Crippen LogP contribution is 2.19. The first-order valence-electron chi connectivity index (χ1n) is 7.60. The molecule has 2 amide bonds. The van der Waals surface area contributed by atoms with Gasteiger partial charge in [0.05, 0.1) is 12.1 Å². The molecular formula is C18H16BrClN2O4. The van der Waals surface area contributed by atoms with Crippen molar-refractivity contribution in [1.82, 2.24) is 5.32 Å². The number of aryl methyl sites for hydroxylation is 1. The van der Waals surface area contributed by atoms with Crippen LogP contribution in [0.5, 0.6) is 0 Å². The van der Waals surface area contributed by atoms with Gasteiger partial charge in [0.15, 0.2) is 6.61 Å². The predicted molar refractivity (Wildman–Crippen MR) is 102 cm³/mol. The van der Waals surface area contributed by atoms with E-state index >= 15 is 0 Å². The summed E-state index contributed by atoms with van der Waals surface area (Å²) in [5, 5.41) is 5.58. The van der Waals surface area contributed by atoms with Gasteiger partial charge in [-0.2, -0.15) is 0 Å². The van der Waals surface area contributed by atoms with E-state index in [-0.39, 0.29) is 18.0 Å². The normalized spacial score (nSPS) is 10.1. The van der Waals surface area contributed by atoms with Crippen molar-refractivity contribution in [3.63, 3.8) is 0 Å². The molecule has 0 radical (unpaired) electrons. The SMILES string of the molecule is Cc1cc(Br)ccc1NC(=O)CNC(=O)COC(=O)c1ccc(Cl)cc1. The molecule has 6 nitrogen and oxygen atoms in total. The molecule has 0 unspecified atom stereocenters. The lowest BCUT2D eigenvalue weighted by Crippen LogP contribution is -2.35. The van der Waals surface area contributed by atoms with Crippen molar-refractivity contribution in [2.75, 3.05) is 18.5 Å². The summed E-state index contributed by atoms with van der Waals surface area (Å²) in [7, 11) is 0. The second-order valence-corrected chi connectivity index (χ2v) is 6.72. The lowest BCUT2D eigenvalue weighted by molar-refractivity contribution is -0.126. The van der Waals surface area contributed by atoms with E-state index in [1.807, 2.05) is 13.0 Å². The van der Waals surface area contributed by atoms with Crippen molar-refractivity contribution in [3.8, 4) is 0 Å². The molecule has 0 saturated carbocycles. The molecule has 0 aliphatic rings. The first kappa shape index (κ1) is 19.9. The smallest absolute Gasteiger partial charge is 0.338 e. The zero-order chi connectivity index (χ0) is 19.1. The van der Waals surface area contributed by atoms with E-state index in [1.165, 1.54) is 12.1 Å². The van der Waals surface area contributed by atoms with Crippen LogP contribution < -0.4 is 10.6 Å². The van der Waals surface area contributed by atoms with E-state index in [1.54, 1.807) is 24.3 Å². The van der Waals surface area contributed by atoms with Gasteiger partial charge < -0.3 is 15.4 Å². The maximum absolute atomic E-state index is 11.9. The quantitative estimate of drug-likeness (QED) is 0.676. The Morgan fingerprint density at radius 3 is 2.42 bits per heavy atom. The zero-order valence-electron chi connectivity index (χ0n) is 13.8. The molecule has 0 atom stereocenters. The molecule has 0 spiro atoms. The van der Waals surface area contributed by atoms with Crippen LogP contribution in [0, 0.1) is 6.92 Å². The number of nitrogens with one attached hydrogen (secondary N) is 2. The van der Waals surface area contributed by atoms with Crippen molar-refractivity contribution in [2.24, 2.45) is 0 Å². The Bertz CT molecular complexity index is 824. The second kappa shape index (κ2) is 9.35.